The van der Waals surface area contributed by atoms with Crippen molar-refractivity contribution in [3.05, 3.63) is 53.6 Å². The van der Waals surface area contributed by atoms with Crippen LogP contribution >= 0.6 is 12.4 Å². The first-order valence-corrected chi connectivity index (χ1v) is 6.20. The summed E-state index contributed by atoms with van der Waals surface area (Å²) in [6.07, 6.45) is 0. The first-order chi connectivity index (χ1) is 8.56. The van der Waals surface area contributed by atoms with E-state index in [0.29, 0.717) is 5.92 Å². The maximum atomic E-state index is 5.95. The van der Waals surface area contributed by atoms with Crippen molar-refractivity contribution in [2.24, 2.45) is 0 Å². The molecular formula is C16H20ClNO. The van der Waals surface area contributed by atoms with Crippen LogP contribution < -0.4 is 10.5 Å². The molecule has 3 heteroatoms. The van der Waals surface area contributed by atoms with E-state index in [1.807, 2.05) is 24.3 Å². The Labute approximate surface area is 121 Å². The Hall–Kier alpha value is -1.67. The molecule has 0 aliphatic heterocycles. The van der Waals surface area contributed by atoms with Gasteiger partial charge in [0.1, 0.15) is 11.5 Å². The van der Waals surface area contributed by atoms with Crippen molar-refractivity contribution < 1.29 is 4.74 Å². The molecule has 102 valence electrons. The number of hydrogen-bond acceptors (Lipinski definition) is 2. The summed E-state index contributed by atoms with van der Waals surface area (Å²) in [5, 5.41) is 0. The third kappa shape index (κ3) is 3.90. The van der Waals surface area contributed by atoms with Gasteiger partial charge < -0.3 is 10.5 Å². The summed E-state index contributed by atoms with van der Waals surface area (Å²) in [7, 11) is 0. The maximum absolute atomic E-state index is 5.95. The number of ether oxygens (including phenoxy) is 1. The first kappa shape index (κ1) is 15.4. The molecule has 0 bridgehead atoms. The van der Waals surface area contributed by atoms with Crippen LogP contribution in [0.5, 0.6) is 11.5 Å². The molecule has 19 heavy (non-hydrogen) atoms. The van der Waals surface area contributed by atoms with Crippen LogP contribution in [0, 0.1) is 6.92 Å². The first-order valence-electron chi connectivity index (χ1n) is 6.20. The fraction of sp³-hybridized carbons (Fsp3) is 0.250. The largest absolute Gasteiger partial charge is 0.457 e. The van der Waals surface area contributed by atoms with Gasteiger partial charge in [0.2, 0.25) is 0 Å². The lowest BCUT2D eigenvalue weighted by Gasteiger charge is -2.14. The van der Waals surface area contributed by atoms with E-state index in [1.165, 1.54) is 11.1 Å². The molecule has 0 heterocycles. The predicted octanol–water partition coefficient (Wildman–Crippen LogP) is 4.91. The van der Waals surface area contributed by atoms with Crippen LogP contribution in [-0.4, -0.2) is 0 Å². The average Bonchev–Trinajstić information content (AvgIpc) is 2.32. The van der Waals surface area contributed by atoms with Gasteiger partial charge in [-0.25, -0.2) is 0 Å². The number of nitrogens with two attached hydrogens (primary N) is 1. The van der Waals surface area contributed by atoms with Gasteiger partial charge in [-0.15, -0.1) is 12.4 Å². The zero-order valence-electron chi connectivity index (χ0n) is 11.5. The summed E-state index contributed by atoms with van der Waals surface area (Å²) in [6, 6.07) is 13.8. The van der Waals surface area contributed by atoms with Crippen LogP contribution in [0.15, 0.2) is 42.5 Å². The van der Waals surface area contributed by atoms with Gasteiger partial charge in [0.05, 0.1) is 0 Å². The van der Waals surface area contributed by atoms with Crippen LogP contribution in [0.4, 0.5) is 5.69 Å². The van der Waals surface area contributed by atoms with E-state index < -0.39 is 0 Å². The minimum Gasteiger partial charge on any atom is -0.457 e. The summed E-state index contributed by atoms with van der Waals surface area (Å²) in [5.41, 5.74) is 8.83. The zero-order chi connectivity index (χ0) is 13.1. The number of halogens is 1. The maximum Gasteiger partial charge on any atom is 0.131 e. The van der Waals surface area contributed by atoms with E-state index in [1.54, 1.807) is 0 Å². The molecule has 2 N–H and O–H groups in total. The summed E-state index contributed by atoms with van der Waals surface area (Å²) in [6.45, 7) is 6.40. The summed E-state index contributed by atoms with van der Waals surface area (Å²) < 4.78 is 5.95. The minimum atomic E-state index is 0. The Morgan fingerprint density at radius 3 is 2.21 bits per heavy atom. The van der Waals surface area contributed by atoms with Crippen molar-refractivity contribution in [2.75, 3.05) is 5.73 Å². The fourth-order valence-corrected chi connectivity index (χ4v) is 1.87. The van der Waals surface area contributed by atoms with Crippen molar-refractivity contribution >= 4 is 18.1 Å². The van der Waals surface area contributed by atoms with Crippen molar-refractivity contribution in [3.8, 4) is 11.5 Å². The molecule has 2 aromatic rings. The van der Waals surface area contributed by atoms with Crippen LogP contribution in [0.2, 0.25) is 0 Å². The molecule has 0 unspecified atom stereocenters. The van der Waals surface area contributed by atoms with E-state index in [2.05, 4.69) is 39.0 Å². The van der Waals surface area contributed by atoms with Gasteiger partial charge in [-0.1, -0.05) is 26.0 Å². The summed E-state index contributed by atoms with van der Waals surface area (Å²) in [4.78, 5) is 0. The smallest absolute Gasteiger partial charge is 0.131 e. The molecule has 0 amide bonds. The van der Waals surface area contributed by atoms with Crippen LogP contribution in [0.1, 0.15) is 30.9 Å². The Balaban J connectivity index is 0.00000180. The van der Waals surface area contributed by atoms with E-state index in [9.17, 15) is 0 Å². The lowest BCUT2D eigenvalue weighted by atomic mass is 10.0. The number of rotatable bonds is 3. The van der Waals surface area contributed by atoms with Gasteiger partial charge in [0.25, 0.3) is 0 Å². The van der Waals surface area contributed by atoms with E-state index >= 15 is 0 Å². The monoisotopic (exact) mass is 277 g/mol. The fourth-order valence-electron chi connectivity index (χ4n) is 1.87. The second-order valence-electron chi connectivity index (χ2n) is 4.87. The van der Waals surface area contributed by atoms with E-state index in [-0.39, 0.29) is 12.4 Å². The van der Waals surface area contributed by atoms with Gasteiger partial charge in [-0.2, -0.15) is 0 Å². The lowest BCUT2D eigenvalue weighted by Crippen LogP contribution is -1.95. The number of anilines is 1. The van der Waals surface area contributed by atoms with Crippen molar-refractivity contribution in [2.45, 2.75) is 26.7 Å². The van der Waals surface area contributed by atoms with Crippen LogP contribution in [-0.2, 0) is 0 Å². The molecule has 2 aromatic carbocycles. The van der Waals surface area contributed by atoms with Crippen LogP contribution in [0.25, 0.3) is 0 Å². The second-order valence-corrected chi connectivity index (χ2v) is 4.87. The Morgan fingerprint density at radius 1 is 1.00 bits per heavy atom. The third-order valence-electron chi connectivity index (χ3n) is 2.90. The molecular weight excluding hydrogens is 258 g/mol. The number of aryl methyl sites for hydroxylation is 1. The van der Waals surface area contributed by atoms with Gasteiger partial charge in [0.15, 0.2) is 0 Å². The molecule has 2 nitrogen and oxygen atoms in total. The topological polar surface area (TPSA) is 35.2 Å². The van der Waals surface area contributed by atoms with Crippen LogP contribution in [0.3, 0.4) is 0 Å². The van der Waals surface area contributed by atoms with Gasteiger partial charge in [0, 0.05) is 5.69 Å². The van der Waals surface area contributed by atoms with Gasteiger partial charge in [-0.05, 0) is 54.3 Å². The molecule has 0 aliphatic carbocycles. The molecule has 0 spiro atoms. The predicted molar refractivity (Wildman–Crippen MR) is 83.4 cm³/mol. The third-order valence-corrected chi connectivity index (χ3v) is 2.90. The second kappa shape index (κ2) is 6.48. The minimum absolute atomic E-state index is 0. The highest BCUT2D eigenvalue weighted by Crippen LogP contribution is 2.31. The molecule has 0 radical (unpaired) electrons. The van der Waals surface area contributed by atoms with Crippen molar-refractivity contribution in [1.82, 2.24) is 0 Å². The Bertz CT molecular complexity index is 535. The average molecular weight is 278 g/mol. The normalized spacial score (nSPS) is 10.1. The van der Waals surface area contributed by atoms with Crippen molar-refractivity contribution in [3.63, 3.8) is 0 Å². The standard InChI is InChI=1S/C16H19NO.ClH/c1-11(2)15-9-4-12(3)10-16(15)18-14-7-5-13(17)6-8-14;/h4-11H,17H2,1-3H3;1H. The molecule has 0 fully saturated rings. The lowest BCUT2D eigenvalue weighted by molar-refractivity contribution is 0.473. The van der Waals surface area contributed by atoms with E-state index in [0.717, 1.165) is 17.2 Å². The highest BCUT2D eigenvalue weighted by atomic mass is 35.5. The molecule has 0 aliphatic rings. The molecule has 0 saturated heterocycles. The number of nitrogen functional groups attached to an aromatic ring is 1. The molecule has 0 aromatic heterocycles. The molecule has 2 rings (SSSR count). The Morgan fingerprint density at radius 2 is 1.63 bits per heavy atom. The van der Waals surface area contributed by atoms with E-state index in [4.69, 9.17) is 10.5 Å². The highest BCUT2D eigenvalue weighted by Gasteiger charge is 2.08. The van der Waals surface area contributed by atoms with Crippen molar-refractivity contribution in [1.29, 1.82) is 0 Å². The summed E-state index contributed by atoms with van der Waals surface area (Å²) in [5.74, 6) is 2.18. The summed E-state index contributed by atoms with van der Waals surface area (Å²) >= 11 is 0. The zero-order valence-corrected chi connectivity index (χ0v) is 12.3. The highest BCUT2D eigenvalue weighted by molar-refractivity contribution is 5.85. The quantitative estimate of drug-likeness (QED) is 0.809. The SMILES string of the molecule is Cc1ccc(C(C)C)c(Oc2ccc(N)cc2)c1.Cl. The van der Waals surface area contributed by atoms with Gasteiger partial charge >= 0.3 is 0 Å². The number of benzene rings is 2. The molecule has 0 saturated carbocycles. The number of hydrogen-bond donors (Lipinski definition) is 1. The molecule has 0 atom stereocenters. The van der Waals surface area contributed by atoms with Gasteiger partial charge in [-0.3, -0.25) is 0 Å². The Kier molecular flexibility index (Phi) is 5.25.